The number of hydrogen-bond acceptors (Lipinski definition) is 1. The van der Waals surface area contributed by atoms with Gasteiger partial charge < -0.3 is 5.32 Å². The Bertz CT molecular complexity index is 586. The first-order chi connectivity index (χ1) is 9.61. The highest BCUT2D eigenvalue weighted by Crippen LogP contribution is 2.24. The fraction of sp³-hybridized carbons (Fsp3) is 0.250. The lowest BCUT2D eigenvalue weighted by Crippen LogP contribution is -2.23. The molecule has 4 heteroatoms. The number of halogens is 3. The maximum absolute atomic E-state index is 13.4. The van der Waals surface area contributed by atoms with E-state index in [0.29, 0.717) is 17.0 Å². The van der Waals surface area contributed by atoms with Crippen molar-refractivity contribution in [2.45, 2.75) is 19.4 Å². The first-order valence-electron chi connectivity index (χ1n) is 6.53. The summed E-state index contributed by atoms with van der Waals surface area (Å²) in [7, 11) is 0. The molecule has 1 unspecified atom stereocenters. The molecule has 0 aliphatic heterocycles. The minimum absolute atomic E-state index is 0.102. The van der Waals surface area contributed by atoms with E-state index in [0.717, 1.165) is 18.2 Å². The molecular formula is C16H16ClF2N. The zero-order chi connectivity index (χ0) is 14.5. The van der Waals surface area contributed by atoms with E-state index in [1.54, 1.807) is 6.07 Å². The minimum atomic E-state index is -0.832. The fourth-order valence-electron chi connectivity index (χ4n) is 2.17. The van der Waals surface area contributed by atoms with E-state index in [2.05, 4.69) is 5.32 Å². The topological polar surface area (TPSA) is 12.0 Å². The Morgan fingerprint density at radius 3 is 2.50 bits per heavy atom. The van der Waals surface area contributed by atoms with Gasteiger partial charge in [0.2, 0.25) is 0 Å². The molecule has 2 aromatic rings. The second-order valence-corrected chi connectivity index (χ2v) is 4.99. The van der Waals surface area contributed by atoms with E-state index >= 15 is 0 Å². The van der Waals surface area contributed by atoms with Crippen LogP contribution in [-0.2, 0) is 6.42 Å². The molecule has 106 valence electrons. The highest BCUT2D eigenvalue weighted by atomic mass is 35.5. The Kier molecular flexibility index (Phi) is 5.10. The molecule has 2 rings (SSSR count). The molecule has 20 heavy (non-hydrogen) atoms. The van der Waals surface area contributed by atoms with Crippen molar-refractivity contribution in [2.24, 2.45) is 0 Å². The van der Waals surface area contributed by atoms with Crippen LogP contribution in [0.4, 0.5) is 8.78 Å². The largest absolute Gasteiger partial charge is 0.310 e. The third kappa shape index (κ3) is 3.56. The van der Waals surface area contributed by atoms with Crippen LogP contribution in [0.25, 0.3) is 0 Å². The fourth-order valence-corrected chi connectivity index (χ4v) is 2.38. The van der Waals surface area contributed by atoms with Gasteiger partial charge in [-0.15, -0.1) is 0 Å². The molecule has 1 atom stereocenters. The monoisotopic (exact) mass is 295 g/mol. The van der Waals surface area contributed by atoms with E-state index < -0.39 is 11.6 Å². The second-order valence-electron chi connectivity index (χ2n) is 4.58. The van der Waals surface area contributed by atoms with Crippen molar-refractivity contribution in [1.29, 1.82) is 0 Å². The zero-order valence-electron chi connectivity index (χ0n) is 11.2. The van der Waals surface area contributed by atoms with Crippen LogP contribution in [0, 0.1) is 11.6 Å². The summed E-state index contributed by atoms with van der Waals surface area (Å²) in [6, 6.07) is 11.4. The maximum atomic E-state index is 13.4. The van der Waals surface area contributed by atoms with Gasteiger partial charge in [-0.25, -0.2) is 8.78 Å². The Hall–Kier alpha value is -1.45. The van der Waals surface area contributed by atoms with E-state index in [-0.39, 0.29) is 6.04 Å². The molecule has 0 aliphatic rings. The summed E-state index contributed by atoms with van der Waals surface area (Å²) in [5.41, 5.74) is 1.69. The number of hydrogen-bond donors (Lipinski definition) is 1. The average molecular weight is 296 g/mol. The number of rotatable bonds is 5. The third-order valence-electron chi connectivity index (χ3n) is 3.18. The predicted octanol–water partition coefficient (Wildman–Crippen LogP) is 4.51. The standard InChI is InChI=1S/C16H16ClF2N/c1-2-20-16(10-11-5-3-4-6-13(11)17)12-7-8-14(18)15(19)9-12/h3-9,16,20H,2,10H2,1H3. The molecular weight excluding hydrogens is 280 g/mol. The van der Waals surface area contributed by atoms with Crippen LogP contribution in [0.5, 0.6) is 0 Å². The summed E-state index contributed by atoms with van der Waals surface area (Å²) >= 11 is 6.15. The first kappa shape index (κ1) is 14.9. The number of benzene rings is 2. The quantitative estimate of drug-likeness (QED) is 0.855. The second kappa shape index (κ2) is 6.82. The van der Waals surface area contributed by atoms with Gasteiger partial charge in [-0.3, -0.25) is 0 Å². The molecule has 0 amide bonds. The normalized spacial score (nSPS) is 12.4. The maximum Gasteiger partial charge on any atom is 0.159 e. The highest BCUT2D eigenvalue weighted by molar-refractivity contribution is 6.31. The lowest BCUT2D eigenvalue weighted by Gasteiger charge is -2.19. The minimum Gasteiger partial charge on any atom is -0.310 e. The highest BCUT2D eigenvalue weighted by Gasteiger charge is 2.14. The smallest absolute Gasteiger partial charge is 0.159 e. The van der Waals surface area contributed by atoms with Crippen molar-refractivity contribution in [1.82, 2.24) is 5.32 Å². The van der Waals surface area contributed by atoms with Crippen molar-refractivity contribution >= 4 is 11.6 Å². The van der Waals surface area contributed by atoms with Gasteiger partial charge in [0.05, 0.1) is 0 Å². The summed E-state index contributed by atoms with van der Waals surface area (Å²) in [4.78, 5) is 0. The van der Waals surface area contributed by atoms with Crippen molar-refractivity contribution < 1.29 is 8.78 Å². The Morgan fingerprint density at radius 2 is 1.85 bits per heavy atom. The Morgan fingerprint density at radius 1 is 1.10 bits per heavy atom. The molecule has 0 bridgehead atoms. The van der Waals surface area contributed by atoms with Crippen molar-refractivity contribution in [3.05, 3.63) is 70.2 Å². The summed E-state index contributed by atoms with van der Waals surface area (Å²) < 4.78 is 26.4. The predicted molar refractivity (Wildman–Crippen MR) is 77.9 cm³/mol. The van der Waals surface area contributed by atoms with Crippen molar-refractivity contribution in [3.8, 4) is 0 Å². The van der Waals surface area contributed by atoms with Crippen LogP contribution in [0.1, 0.15) is 24.1 Å². The molecule has 1 N–H and O–H groups in total. The molecule has 0 heterocycles. The lowest BCUT2D eigenvalue weighted by atomic mass is 9.98. The van der Waals surface area contributed by atoms with Gasteiger partial charge in [0, 0.05) is 11.1 Å². The molecule has 0 aromatic heterocycles. The summed E-state index contributed by atoms with van der Waals surface area (Å²) in [5, 5.41) is 3.95. The molecule has 2 aromatic carbocycles. The van der Waals surface area contributed by atoms with E-state index in [1.165, 1.54) is 6.07 Å². The summed E-state index contributed by atoms with van der Waals surface area (Å²) in [5.74, 6) is -1.66. The Balaban J connectivity index is 2.27. The molecule has 0 saturated carbocycles. The SMILES string of the molecule is CCNC(Cc1ccccc1Cl)c1ccc(F)c(F)c1. The molecule has 0 aliphatic carbocycles. The van der Waals surface area contributed by atoms with E-state index in [1.807, 2.05) is 31.2 Å². The van der Waals surface area contributed by atoms with Gasteiger partial charge in [-0.2, -0.15) is 0 Å². The van der Waals surface area contributed by atoms with Gasteiger partial charge in [0.15, 0.2) is 11.6 Å². The van der Waals surface area contributed by atoms with E-state index in [9.17, 15) is 8.78 Å². The van der Waals surface area contributed by atoms with Crippen molar-refractivity contribution in [3.63, 3.8) is 0 Å². The van der Waals surface area contributed by atoms with Crippen LogP contribution in [-0.4, -0.2) is 6.54 Å². The molecule has 0 spiro atoms. The van der Waals surface area contributed by atoms with Crippen LogP contribution in [0.15, 0.2) is 42.5 Å². The number of likely N-dealkylation sites (N-methyl/N-ethyl adjacent to an activating group) is 1. The van der Waals surface area contributed by atoms with Gasteiger partial charge >= 0.3 is 0 Å². The van der Waals surface area contributed by atoms with E-state index in [4.69, 9.17) is 11.6 Å². The van der Waals surface area contributed by atoms with Crippen LogP contribution >= 0.6 is 11.6 Å². The van der Waals surface area contributed by atoms with Gasteiger partial charge in [-0.1, -0.05) is 42.8 Å². The first-order valence-corrected chi connectivity index (χ1v) is 6.91. The number of nitrogens with one attached hydrogen (secondary N) is 1. The third-order valence-corrected chi connectivity index (χ3v) is 3.55. The molecule has 0 fully saturated rings. The molecule has 0 radical (unpaired) electrons. The lowest BCUT2D eigenvalue weighted by molar-refractivity contribution is 0.497. The van der Waals surface area contributed by atoms with Crippen LogP contribution < -0.4 is 5.32 Å². The van der Waals surface area contributed by atoms with Crippen molar-refractivity contribution in [2.75, 3.05) is 6.54 Å². The van der Waals surface area contributed by atoms with Gasteiger partial charge in [0.1, 0.15) is 0 Å². The molecule has 1 nitrogen and oxygen atoms in total. The summed E-state index contributed by atoms with van der Waals surface area (Å²) in [6.45, 7) is 2.70. The van der Waals surface area contributed by atoms with Gasteiger partial charge in [-0.05, 0) is 42.3 Å². The zero-order valence-corrected chi connectivity index (χ0v) is 11.9. The van der Waals surface area contributed by atoms with Crippen LogP contribution in [0.3, 0.4) is 0 Å². The molecule has 0 saturated heterocycles. The summed E-state index contributed by atoms with van der Waals surface area (Å²) in [6.07, 6.45) is 0.624. The Labute approximate surface area is 122 Å². The average Bonchev–Trinajstić information content (AvgIpc) is 2.44. The van der Waals surface area contributed by atoms with Gasteiger partial charge in [0.25, 0.3) is 0 Å². The van der Waals surface area contributed by atoms with Crippen LogP contribution in [0.2, 0.25) is 5.02 Å².